The first kappa shape index (κ1) is 12.6. The molecule has 1 heterocycles. The highest BCUT2D eigenvalue weighted by Gasteiger charge is 2.25. The van der Waals surface area contributed by atoms with Gasteiger partial charge in [0.1, 0.15) is 11.9 Å². The van der Waals surface area contributed by atoms with E-state index in [4.69, 9.17) is 9.15 Å². The van der Waals surface area contributed by atoms with Gasteiger partial charge >= 0.3 is 5.97 Å². The van der Waals surface area contributed by atoms with Crippen LogP contribution in [0.2, 0.25) is 0 Å². The van der Waals surface area contributed by atoms with Gasteiger partial charge in [0.2, 0.25) is 0 Å². The summed E-state index contributed by atoms with van der Waals surface area (Å²) in [7, 11) is 0. The number of ether oxygens (including phenoxy) is 1. The van der Waals surface area contributed by atoms with Crippen molar-refractivity contribution < 1.29 is 13.9 Å². The van der Waals surface area contributed by atoms with Gasteiger partial charge in [-0.15, -0.1) is 0 Å². The van der Waals surface area contributed by atoms with Crippen molar-refractivity contribution in [3.63, 3.8) is 0 Å². The third-order valence-corrected chi connectivity index (χ3v) is 2.71. The Bertz CT molecular complexity index is 469. The summed E-state index contributed by atoms with van der Waals surface area (Å²) < 4.78 is 10.2. The van der Waals surface area contributed by atoms with Crippen LogP contribution in [0.1, 0.15) is 43.6 Å². The Balaban J connectivity index is 1.96. The van der Waals surface area contributed by atoms with E-state index in [2.05, 4.69) is 23.2 Å². The van der Waals surface area contributed by atoms with Gasteiger partial charge in [-0.2, -0.15) is 0 Å². The minimum atomic E-state index is -0.552. The van der Waals surface area contributed by atoms with Gasteiger partial charge in [-0.05, 0) is 32.3 Å². The second-order valence-electron chi connectivity index (χ2n) is 4.96. The lowest BCUT2D eigenvalue weighted by molar-refractivity contribution is -0.00101. The van der Waals surface area contributed by atoms with E-state index in [-0.39, 0.29) is 5.69 Å². The molecule has 0 bridgehead atoms. The highest BCUT2D eigenvalue weighted by molar-refractivity contribution is 5.87. The van der Waals surface area contributed by atoms with E-state index in [1.807, 2.05) is 13.8 Å². The predicted molar refractivity (Wildman–Crippen MR) is 67.1 cm³/mol. The third-order valence-electron chi connectivity index (χ3n) is 2.71. The molecule has 0 N–H and O–H groups in total. The van der Waals surface area contributed by atoms with Crippen LogP contribution in [0.15, 0.2) is 40.9 Å². The fraction of sp³-hybridized carbons (Fsp3) is 0.429. The van der Waals surface area contributed by atoms with E-state index in [1.165, 1.54) is 18.2 Å². The Morgan fingerprint density at radius 3 is 2.94 bits per heavy atom. The first-order valence-corrected chi connectivity index (χ1v) is 6.04. The summed E-state index contributed by atoms with van der Waals surface area (Å²) in [5.41, 5.74) is 0.860. The van der Waals surface area contributed by atoms with Crippen molar-refractivity contribution in [1.29, 1.82) is 0 Å². The number of aromatic nitrogens is 1. The normalized spacial score (nSPS) is 15.3. The molecule has 1 aliphatic carbocycles. The summed E-state index contributed by atoms with van der Waals surface area (Å²) in [5, 5.41) is 0. The fourth-order valence-corrected chi connectivity index (χ4v) is 1.94. The number of esters is 1. The molecule has 2 rings (SSSR count). The molecule has 4 heteroatoms. The van der Waals surface area contributed by atoms with Gasteiger partial charge in [0.05, 0.1) is 0 Å². The highest BCUT2D eigenvalue weighted by Crippen LogP contribution is 2.24. The summed E-state index contributed by atoms with van der Waals surface area (Å²) in [6.45, 7) is 3.79. The third kappa shape index (κ3) is 3.32. The lowest BCUT2D eigenvalue weighted by atomic mass is 9.94. The molecule has 0 radical (unpaired) electrons. The summed E-state index contributed by atoms with van der Waals surface area (Å²) >= 11 is 0. The molecule has 0 atom stereocenters. The largest absolute Gasteiger partial charge is 0.455 e. The number of carbonyl (C=O) groups is 1. The van der Waals surface area contributed by atoms with Crippen LogP contribution in [0, 0.1) is 0 Å². The summed E-state index contributed by atoms with van der Waals surface area (Å²) in [4.78, 5) is 15.6. The van der Waals surface area contributed by atoms with Crippen LogP contribution in [0.5, 0.6) is 0 Å². The van der Waals surface area contributed by atoms with Crippen LogP contribution in [-0.4, -0.2) is 16.6 Å². The molecule has 0 fully saturated rings. The second kappa shape index (κ2) is 5.21. The molecule has 1 aliphatic rings. The van der Waals surface area contributed by atoms with Crippen molar-refractivity contribution in [3.8, 4) is 0 Å². The molecule has 1 aromatic heterocycles. The van der Waals surface area contributed by atoms with Crippen molar-refractivity contribution in [1.82, 2.24) is 4.98 Å². The molecule has 0 saturated heterocycles. The van der Waals surface area contributed by atoms with Crippen LogP contribution in [0.3, 0.4) is 0 Å². The topological polar surface area (TPSA) is 52.3 Å². The first-order chi connectivity index (χ1) is 8.57. The van der Waals surface area contributed by atoms with E-state index >= 15 is 0 Å². The minimum Gasteiger partial charge on any atom is -0.455 e. The van der Waals surface area contributed by atoms with E-state index in [1.54, 1.807) is 0 Å². The van der Waals surface area contributed by atoms with Crippen LogP contribution < -0.4 is 0 Å². The Morgan fingerprint density at radius 1 is 1.50 bits per heavy atom. The molecule has 4 nitrogen and oxygen atoms in total. The van der Waals surface area contributed by atoms with E-state index < -0.39 is 11.6 Å². The molecule has 96 valence electrons. The summed E-state index contributed by atoms with van der Waals surface area (Å²) in [6.07, 6.45) is 11.8. The lowest BCUT2D eigenvalue weighted by Gasteiger charge is -2.25. The standard InChI is InChI=1S/C14H17NO3/c1-14(2,8-11-6-4-3-5-7-11)18-13(16)12-9-17-10-15-12/h4,6-7,9-10H,3,5,8H2,1-2H3. The van der Waals surface area contributed by atoms with Gasteiger partial charge in [0, 0.05) is 6.42 Å². The molecule has 0 aromatic carbocycles. The van der Waals surface area contributed by atoms with Crippen LogP contribution in [0.4, 0.5) is 0 Å². The van der Waals surface area contributed by atoms with Crippen LogP contribution >= 0.6 is 0 Å². The van der Waals surface area contributed by atoms with Gasteiger partial charge in [-0.3, -0.25) is 0 Å². The number of hydrogen-bond acceptors (Lipinski definition) is 4. The van der Waals surface area contributed by atoms with E-state index in [0.717, 1.165) is 12.8 Å². The van der Waals surface area contributed by atoms with E-state index in [0.29, 0.717) is 6.42 Å². The number of oxazole rings is 1. The zero-order valence-corrected chi connectivity index (χ0v) is 10.7. The van der Waals surface area contributed by atoms with Crippen molar-refractivity contribution in [2.75, 3.05) is 0 Å². The Labute approximate surface area is 106 Å². The van der Waals surface area contributed by atoms with Gasteiger partial charge in [0.15, 0.2) is 12.1 Å². The zero-order chi connectivity index (χ0) is 13.0. The maximum atomic E-state index is 11.8. The quantitative estimate of drug-likeness (QED) is 0.766. The highest BCUT2D eigenvalue weighted by atomic mass is 16.6. The lowest BCUT2D eigenvalue weighted by Crippen LogP contribution is -2.28. The van der Waals surface area contributed by atoms with E-state index in [9.17, 15) is 4.79 Å². The zero-order valence-electron chi connectivity index (χ0n) is 10.7. The number of nitrogens with zero attached hydrogens (tertiary/aromatic N) is 1. The van der Waals surface area contributed by atoms with Gasteiger partial charge in [0.25, 0.3) is 0 Å². The first-order valence-electron chi connectivity index (χ1n) is 6.04. The second-order valence-corrected chi connectivity index (χ2v) is 4.96. The van der Waals surface area contributed by atoms with Crippen LogP contribution in [-0.2, 0) is 4.74 Å². The average Bonchev–Trinajstić information content (AvgIpc) is 2.82. The number of allylic oxidation sites excluding steroid dienone is 3. The van der Waals surface area contributed by atoms with Crippen molar-refractivity contribution >= 4 is 5.97 Å². The minimum absolute atomic E-state index is 0.205. The van der Waals surface area contributed by atoms with Gasteiger partial charge in [-0.1, -0.05) is 18.2 Å². The maximum Gasteiger partial charge on any atom is 0.360 e. The monoisotopic (exact) mass is 247 g/mol. The predicted octanol–water partition coefficient (Wildman–Crippen LogP) is 3.28. The molecule has 0 spiro atoms. The van der Waals surface area contributed by atoms with Crippen molar-refractivity contribution in [3.05, 3.63) is 42.2 Å². The average molecular weight is 247 g/mol. The number of rotatable bonds is 4. The Hall–Kier alpha value is -1.84. The molecule has 0 amide bonds. The van der Waals surface area contributed by atoms with Crippen molar-refractivity contribution in [2.45, 2.75) is 38.7 Å². The Morgan fingerprint density at radius 2 is 2.33 bits per heavy atom. The van der Waals surface area contributed by atoms with Gasteiger partial charge in [-0.25, -0.2) is 9.78 Å². The molecule has 0 unspecified atom stereocenters. The molecule has 1 aromatic rings. The van der Waals surface area contributed by atoms with Crippen molar-refractivity contribution in [2.24, 2.45) is 0 Å². The summed E-state index contributed by atoms with van der Waals surface area (Å²) in [5.74, 6) is -0.450. The SMILES string of the molecule is CC(C)(CC1=CCCC=C1)OC(=O)c1cocn1. The van der Waals surface area contributed by atoms with Crippen LogP contribution in [0.25, 0.3) is 0 Å². The molecular weight excluding hydrogens is 230 g/mol. The fourth-order valence-electron chi connectivity index (χ4n) is 1.94. The van der Waals surface area contributed by atoms with Gasteiger partial charge < -0.3 is 9.15 Å². The molecular formula is C14H17NO3. The number of carbonyl (C=O) groups excluding carboxylic acids is 1. The molecule has 18 heavy (non-hydrogen) atoms. The molecule has 0 saturated carbocycles. The summed E-state index contributed by atoms with van der Waals surface area (Å²) in [6, 6.07) is 0. The number of hydrogen-bond donors (Lipinski definition) is 0. The smallest absolute Gasteiger partial charge is 0.360 e. The Kier molecular flexibility index (Phi) is 3.65. The molecule has 0 aliphatic heterocycles. The maximum absolute atomic E-state index is 11.8.